The van der Waals surface area contributed by atoms with Gasteiger partial charge in [0, 0.05) is 22.2 Å². The molecule has 0 saturated heterocycles. The van der Waals surface area contributed by atoms with E-state index < -0.39 is 11.8 Å². The summed E-state index contributed by atoms with van der Waals surface area (Å²) in [7, 11) is 0. The van der Waals surface area contributed by atoms with Gasteiger partial charge in [-0.2, -0.15) is 5.26 Å². The molecule has 1 aliphatic rings. The van der Waals surface area contributed by atoms with Crippen molar-refractivity contribution in [3.63, 3.8) is 0 Å². The lowest BCUT2D eigenvalue weighted by Crippen LogP contribution is -2.46. The highest BCUT2D eigenvalue weighted by Gasteiger charge is 2.36. The summed E-state index contributed by atoms with van der Waals surface area (Å²) >= 11 is 6.14. The maximum Gasteiger partial charge on any atom is 0.271 e. The second kappa shape index (κ2) is 8.98. The molecule has 0 bridgehead atoms. The first kappa shape index (κ1) is 21.4. The van der Waals surface area contributed by atoms with Crippen LogP contribution in [0.2, 0.25) is 5.02 Å². The number of benzene rings is 2. The molecule has 3 rings (SSSR count). The van der Waals surface area contributed by atoms with Crippen molar-refractivity contribution < 1.29 is 14.3 Å². The van der Waals surface area contributed by atoms with Gasteiger partial charge in [0.05, 0.1) is 0 Å². The zero-order chi connectivity index (χ0) is 21.8. The average molecular weight is 421 g/mol. The number of amides is 2. The van der Waals surface area contributed by atoms with E-state index in [4.69, 9.17) is 16.3 Å². The van der Waals surface area contributed by atoms with E-state index in [1.165, 1.54) is 0 Å². The zero-order valence-corrected chi connectivity index (χ0v) is 17.7. The van der Waals surface area contributed by atoms with Gasteiger partial charge in [0.1, 0.15) is 24.0 Å². The van der Waals surface area contributed by atoms with Crippen LogP contribution in [0.5, 0.6) is 5.75 Å². The summed E-state index contributed by atoms with van der Waals surface area (Å²) in [6, 6.07) is 16.3. The fourth-order valence-electron chi connectivity index (χ4n) is 3.17. The van der Waals surface area contributed by atoms with Crippen LogP contribution in [-0.2, 0) is 16.2 Å². The highest BCUT2D eigenvalue weighted by atomic mass is 35.5. The van der Waals surface area contributed by atoms with E-state index in [1.807, 2.05) is 42.5 Å². The Hall–Kier alpha value is -3.36. The Labute approximate surface area is 180 Å². The Morgan fingerprint density at radius 3 is 2.37 bits per heavy atom. The van der Waals surface area contributed by atoms with E-state index in [0.717, 1.165) is 16.0 Å². The maximum atomic E-state index is 12.9. The van der Waals surface area contributed by atoms with Crippen molar-refractivity contribution in [1.29, 1.82) is 5.26 Å². The third-order valence-electron chi connectivity index (χ3n) is 4.83. The fraction of sp³-hybridized carbons (Fsp3) is 0.208. The number of carbonyl (C=O) groups excluding carboxylic acids is 2. The first-order valence-corrected chi connectivity index (χ1v) is 9.88. The van der Waals surface area contributed by atoms with Crippen molar-refractivity contribution in [2.24, 2.45) is 0 Å². The first-order chi connectivity index (χ1) is 14.3. The van der Waals surface area contributed by atoms with Crippen LogP contribution in [0.3, 0.4) is 0 Å². The van der Waals surface area contributed by atoms with Crippen LogP contribution >= 0.6 is 11.6 Å². The summed E-state index contributed by atoms with van der Waals surface area (Å²) in [4.78, 5) is 26.4. The van der Waals surface area contributed by atoms with Crippen molar-refractivity contribution in [1.82, 2.24) is 4.90 Å². The second-order valence-corrected chi connectivity index (χ2v) is 7.60. The van der Waals surface area contributed by atoms with Gasteiger partial charge in [0.2, 0.25) is 0 Å². The molecular weight excluding hydrogens is 400 g/mol. The minimum Gasteiger partial charge on any atom is -0.489 e. The molecule has 0 saturated carbocycles. The van der Waals surface area contributed by atoms with E-state index in [9.17, 15) is 14.9 Å². The van der Waals surface area contributed by atoms with Crippen molar-refractivity contribution in [3.8, 4) is 11.8 Å². The normalized spacial score (nSPS) is 15.7. The van der Waals surface area contributed by atoms with E-state index >= 15 is 0 Å². The van der Waals surface area contributed by atoms with Crippen LogP contribution in [0, 0.1) is 11.3 Å². The lowest BCUT2D eigenvalue weighted by Gasteiger charge is -2.30. The molecule has 1 heterocycles. The Kier molecular flexibility index (Phi) is 6.39. The predicted molar refractivity (Wildman–Crippen MR) is 116 cm³/mol. The fourth-order valence-corrected chi connectivity index (χ4v) is 3.36. The molecule has 152 valence electrons. The van der Waals surface area contributed by atoms with Gasteiger partial charge in [-0.05, 0) is 56.2 Å². The number of nitrogens with zero attached hydrogens (tertiary/aromatic N) is 2. The Balaban J connectivity index is 1.84. The van der Waals surface area contributed by atoms with Crippen LogP contribution in [0.4, 0.5) is 0 Å². The summed E-state index contributed by atoms with van der Waals surface area (Å²) in [5.74, 6) is -0.281. The van der Waals surface area contributed by atoms with E-state index in [-0.39, 0.29) is 11.6 Å². The van der Waals surface area contributed by atoms with E-state index in [2.05, 4.69) is 0 Å². The highest BCUT2D eigenvalue weighted by Crippen LogP contribution is 2.28. The summed E-state index contributed by atoms with van der Waals surface area (Å²) in [5.41, 5.74) is 2.38. The van der Waals surface area contributed by atoms with Gasteiger partial charge in [-0.3, -0.25) is 14.5 Å². The minimum absolute atomic E-state index is 0.00533. The number of rotatable bonds is 5. The topological polar surface area (TPSA) is 70.4 Å². The van der Waals surface area contributed by atoms with Gasteiger partial charge >= 0.3 is 0 Å². The third kappa shape index (κ3) is 4.29. The van der Waals surface area contributed by atoms with Crippen LogP contribution in [-0.4, -0.2) is 22.8 Å². The molecule has 0 radical (unpaired) electrons. The van der Waals surface area contributed by atoms with Gasteiger partial charge in [-0.25, -0.2) is 0 Å². The molecule has 0 aromatic heterocycles. The van der Waals surface area contributed by atoms with Gasteiger partial charge in [-0.1, -0.05) is 41.9 Å². The van der Waals surface area contributed by atoms with Gasteiger partial charge in [0.25, 0.3) is 11.8 Å². The Morgan fingerprint density at radius 2 is 1.77 bits per heavy atom. The SMILES string of the molecule is CC1=C(C#N)C(=O)N(C(C)C)C(=O)/C1=C/c1ccc(OCc2ccccc2Cl)cc1. The van der Waals surface area contributed by atoms with Crippen molar-refractivity contribution in [2.45, 2.75) is 33.4 Å². The molecule has 2 aromatic carbocycles. The average Bonchev–Trinajstić information content (AvgIpc) is 2.71. The summed E-state index contributed by atoms with van der Waals surface area (Å²) in [6.45, 7) is 5.46. The molecule has 2 aromatic rings. The molecule has 1 aliphatic heterocycles. The standard InChI is InChI=1S/C24H21ClN2O3/c1-15(2)27-23(28)20(16(3)21(13-26)24(27)29)12-17-8-10-19(11-9-17)30-14-18-6-4-5-7-22(18)25/h4-12,15H,14H2,1-3H3/b20-12+. The van der Waals surface area contributed by atoms with E-state index in [0.29, 0.717) is 28.5 Å². The summed E-state index contributed by atoms with van der Waals surface area (Å²) < 4.78 is 5.78. The predicted octanol–water partition coefficient (Wildman–Crippen LogP) is 4.92. The molecule has 0 unspecified atom stereocenters. The first-order valence-electron chi connectivity index (χ1n) is 9.50. The minimum atomic E-state index is -0.546. The molecule has 0 atom stereocenters. The number of hydrogen-bond donors (Lipinski definition) is 0. The maximum absolute atomic E-state index is 12.9. The summed E-state index contributed by atoms with van der Waals surface area (Å²) in [5, 5.41) is 10.0. The highest BCUT2D eigenvalue weighted by molar-refractivity contribution is 6.31. The molecule has 2 amide bonds. The monoisotopic (exact) mass is 420 g/mol. The van der Waals surface area contributed by atoms with Crippen LogP contribution in [0.15, 0.2) is 65.3 Å². The zero-order valence-electron chi connectivity index (χ0n) is 17.0. The third-order valence-corrected chi connectivity index (χ3v) is 5.20. The lowest BCUT2D eigenvalue weighted by molar-refractivity contribution is -0.142. The molecular formula is C24H21ClN2O3. The smallest absolute Gasteiger partial charge is 0.271 e. The number of ether oxygens (including phenoxy) is 1. The van der Waals surface area contributed by atoms with Crippen molar-refractivity contribution >= 4 is 29.5 Å². The van der Waals surface area contributed by atoms with Gasteiger partial charge in [0.15, 0.2) is 0 Å². The number of imide groups is 1. The number of hydrogen-bond acceptors (Lipinski definition) is 4. The molecule has 6 heteroatoms. The molecule has 0 fully saturated rings. The van der Waals surface area contributed by atoms with Crippen molar-refractivity contribution in [3.05, 3.63) is 81.4 Å². The van der Waals surface area contributed by atoms with Gasteiger partial charge < -0.3 is 4.74 Å². The molecule has 30 heavy (non-hydrogen) atoms. The number of halogens is 1. The summed E-state index contributed by atoms with van der Waals surface area (Å²) in [6.07, 6.45) is 1.69. The lowest BCUT2D eigenvalue weighted by atomic mass is 9.93. The van der Waals surface area contributed by atoms with Crippen LogP contribution in [0.1, 0.15) is 31.9 Å². The van der Waals surface area contributed by atoms with Gasteiger partial charge in [-0.15, -0.1) is 0 Å². The Morgan fingerprint density at radius 1 is 1.10 bits per heavy atom. The quantitative estimate of drug-likeness (QED) is 0.508. The van der Waals surface area contributed by atoms with E-state index in [1.54, 1.807) is 39.0 Å². The molecule has 0 N–H and O–H groups in total. The number of carbonyl (C=O) groups is 2. The van der Waals surface area contributed by atoms with Crippen molar-refractivity contribution in [2.75, 3.05) is 0 Å². The Bertz CT molecular complexity index is 1090. The second-order valence-electron chi connectivity index (χ2n) is 7.19. The largest absolute Gasteiger partial charge is 0.489 e. The molecule has 0 aliphatic carbocycles. The molecule has 0 spiro atoms. The van der Waals surface area contributed by atoms with Crippen LogP contribution < -0.4 is 4.74 Å². The number of nitriles is 1. The van der Waals surface area contributed by atoms with Crippen LogP contribution in [0.25, 0.3) is 6.08 Å². The molecule has 5 nitrogen and oxygen atoms in total.